The number of carbonyl (C=O) groups excluding carboxylic acids is 1. The summed E-state index contributed by atoms with van der Waals surface area (Å²) >= 11 is 0. The Morgan fingerprint density at radius 2 is 2.00 bits per heavy atom. The molecule has 1 N–H and O–H groups in total. The molecule has 23 heavy (non-hydrogen) atoms. The van der Waals surface area contributed by atoms with Crippen LogP contribution in [0.5, 0.6) is 0 Å². The van der Waals surface area contributed by atoms with Crippen molar-refractivity contribution < 1.29 is 14.6 Å². The van der Waals surface area contributed by atoms with Gasteiger partial charge in [-0.3, -0.25) is 4.79 Å². The van der Waals surface area contributed by atoms with Crippen LogP contribution in [0, 0.1) is 5.92 Å². The fourth-order valence-electron chi connectivity index (χ4n) is 3.75. The number of hydrogen-bond donors (Lipinski definition) is 1. The number of rotatable bonds is 5. The van der Waals surface area contributed by atoms with Crippen molar-refractivity contribution in [1.29, 1.82) is 0 Å². The number of benzene rings is 1. The normalized spacial score (nSPS) is 26.3. The van der Waals surface area contributed by atoms with Crippen molar-refractivity contribution in [2.45, 2.75) is 57.3 Å². The Morgan fingerprint density at radius 3 is 2.61 bits per heavy atom. The summed E-state index contributed by atoms with van der Waals surface area (Å²) in [5.41, 5.74) is 0.361. The van der Waals surface area contributed by atoms with Crippen molar-refractivity contribution in [2.24, 2.45) is 5.92 Å². The fourth-order valence-corrected chi connectivity index (χ4v) is 3.75. The minimum absolute atomic E-state index is 0.0270. The molecule has 1 heterocycles. The first-order valence-electron chi connectivity index (χ1n) is 8.74. The molecule has 2 fully saturated rings. The number of ether oxygens (including phenoxy) is 1. The summed E-state index contributed by atoms with van der Waals surface area (Å²) in [4.78, 5) is 14.8. The number of amides is 1. The van der Waals surface area contributed by atoms with Crippen LogP contribution < -0.4 is 0 Å². The molecule has 1 saturated heterocycles. The van der Waals surface area contributed by atoms with Crippen LogP contribution in [0.4, 0.5) is 0 Å². The second-order valence-corrected chi connectivity index (χ2v) is 7.17. The highest BCUT2D eigenvalue weighted by Crippen LogP contribution is 2.32. The van der Waals surface area contributed by atoms with Crippen LogP contribution in [-0.4, -0.2) is 40.8 Å². The Kier molecular flexibility index (Phi) is 5.02. The van der Waals surface area contributed by atoms with Crippen LogP contribution in [0.2, 0.25) is 0 Å². The molecular weight excluding hydrogens is 290 g/mol. The lowest BCUT2D eigenvalue weighted by Crippen LogP contribution is -2.48. The van der Waals surface area contributed by atoms with Crippen molar-refractivity contribution >= 4 is 5.91 Å². The van der Waals surface area contributed by atoms with Crippen LogP contribution in [0.1, 0.15) is 44.6 Å². The van der Waals surface area contributed by atoms with Gasteiger partial charge in [-0.05, 0) is 30.7 Å². The van der Waals surface area contributed by atoms with E-state index in [-0.39, 0.29) is 17.9 Å². The first-order chi connectivity index (χ1) is 11.1. The predicted octanol–water partition coefficient (Wildman–Crippen LogP) is 2.75. The average Bonchev–Trinajstić information content (AvgIpc) is 3.16. The van der Waals surface area contributed by atoms with E-state index in [2.05, 4.69) is 6.92 Å². The number of hydrogen-bond acceptors (Lipinski definition) is 3. The Balaban J connectivity index is 1.76. The van der Waals surface area contributed by atoms with Gasteiger partial charge < -0.3 is 14.7 Å². The number of aliphatic hydroxyl groups is 1. The molecule has 2 unspecified atom stereocenters. The third kappa shape index (κ3) is 3.93. The molecule has 1 amide bonds. The fraction of sp³-hybridized carbons (Fsp3) is 0.632. The largest absolute Gasteiger partial charge is 0.388 e. The van der Waals surface area contributed by atoms with E-state index in [0.29, 0.717) is 19.7 Å². The molecule has 0 radical (unpaired) electrons. The summed E-state index contributed by atoms with van der Waals surface area (Å²) < 4.78 is 5.67. The van der Waals surface area contributed by atoms with E-state index in [1.807, 2.05) is 35.2 Å². The number of nitrogens with zero attached hydrogens (tertiary/aromatic N) is 1. The zero-order chi connectivity index (χ0) is 16.3. The average molecular weight is 317 g/mol. The molecule has 1 aromatic carbocycles. The SMILES string of the molecule is CC1CCOC1C(=O)N(Cc1ccccc1)CC1(O)CCCC1. The van der Waals surface area contributed by atoms with Crippen LogP contribution in [0.3, 0.4) is 0 Å². The molecule has 1 aliphatic heterocycles. The maximum atomic E-state index is 13.0. The second-order valence-electron chi connectivity index (χ2n) is 7.17. The van der Waals surface area contributed by atoms with Crippen molar-refractivity contribution in [3.63, 3.8) is 0 Å². The zero-order valence-electron chi connectivity index (χ0n) is 13.9. The molecular formula is C19H27NO3. The van der Waals surface area contributed by atoms with E-state index in [0.717, 1.165) is 37.7 Å². The molecule has 2 atom stereocenters. The summed E-state index contributed by atoms with van der Waals surface area (Å²) in [6.45, 7) is 3.67. The van der Waals surface area contributed by atoms with Gasteiger partial charge in [0.1, 0.15) is 6.10 Å². The lowest BCUT2D eigenvalue weighted by atomic mass is 9.98. The van der Waals surface area contributed by atoms with Crippen molar-refractivity contribution in [2.75, 3.05) is 13.2 Å². The lowest BCUT2D eigenvalue weighted by Gasteiger charge is -2.33. The standard InChI is InChI=1S/C19H27NO3/c1-15-9-12-23-17(15)18(21)20(13-16-7-3-2-4-8-16)14-19(22)10-5-6-11-19/h2-4,7-8,15,17,22H,5-6,9-14H2,1H3. The molecule has 0 aromatic heterocycles. The Labute approximate surface area is 138 Å². The maximum absolute atomic E-state index is 13.0. The monoisotopic (exact) mass is 317 g/mol. The first-order valence-corrected chi connectivity index (χ1v) is 8.74. The molecule has 4 heteroatoms. The smallest absolute Gasteiger partial charge is 0.252 e. The topological polar surface area (TPSA) is 49.8 Å². The van der Waals surface area contributed by atoms with Gasteiger partial charge in [-0.2, -0.15) is 0 Å². The minimum Gasteiger partial charge on any atom is -0.388 e. The van der Waals surface area contributed by atoms with Gasteiger partial charge in [0.05, 0.1) is 5.60 Å². The Morgan fingerprint density at radius 1 is 1.30 bits per heavy atom. The van der Waals surface area contributed by atoms with Crippen LogP contribution >= 0.6 is 0 Å². The van der Waals surface area contributed by atoms with Gasteiger partial charge in [0, 0.05) is 19.7 Å². The summed E-state index contributed by atoms with van der Waals surface area (Å²) in [7, 11) is 0. The molecule has 3 rings (SSSR count). The zero-order valence-corrected chi connectivity index (χ0v) is 13.9. The van der Waals surface area contributed by atoms with Crippen LogP contribution in [0.15, 0.2) is 30.3 Å². The quantitative estimate of drug-likeness (QED) is 0.908. The summed E-state index contributed by atoms with van der Waals surface area (Å²) in [5, 5.41) is 10.8. The Bertz CT molecular complexity index is 525. The molecule has 2 aliphatic rings. The molecule has 126 valence electrons. The third-order valence-electron chi connectivity index (χ3n) is 5.18. The van der Waals surface area contributed by atoms with Crippen LogP contribution in [0.25, 0.3) is 0 Å². The van der Waals surface area contributed by atoms with E-state index in [1.54, 1.807) is 0 Å². The summed E-state index contributed by atoms with van der Waals surface area (Å²) in [6, 6.07) is 9.99. The minimum atomic E-state index is -0.730. The van der Waals surface area contributed by atoms with Crippen molar-refractivity contribution in [3.8, 4) is 0 Å². The highest BCUT2D eigenvalue weighted by Gasteiger charge is 2.39. The van der Waals surface area contributed by atoms with Crippen LogP contribution in [-0.2, 0) is 16.1 Å². The van der Waals surface area contributed by atoms with Gasteiger partial charge in [0.25, 0.3) is 5.91 Å². The summed E-state index contributed by atoms with van der Waals surface area (Å²) in [5.74, 6) is 0.276. The van der Waals surface area contributed by atoms with Gasteiger partial charge in [0.15, 0.2) is 0 Å². The predicted molar refractivity (Wildman–Crippen MR) is 88.8 cm³/mol. The van der Waals surface area contributed by atoms with Gasteiger partial charge >= 0.3 is 0 Å². The van der Waals surface area contributed by atoms with E-state index in [4.69, 9.17) is 4.74 Å². The van der Waals surface area contributed by atoms with E-state index >= 15 is 0 Å². The van der Waals surface area contributed by atoms with E-state index in [9.17, 15) is 9.90 Å². The van der Waals surface area contributed by atoms with Crippen molar-refractivity contribution in [1.82, 2.24) is 4.90 Å². The lowest BCUT2D eigenvalue weighted by molar-refractivity contribution is -0.146. The highest BCUT2D eigenvalue weighted by atomic mass is 16.5. The molecule has 0 spiro atoms. The van der Waals surface area contributed by atoms with Gasteiger partial charge in [0.2, 0.25) is 0 Å². The van der Waals surface area contributed by atoms with Crippen molar-refractivity contribution in [3.05, 3.63) is 35.9 Å². The third-order valence-corrected chi connectivity index (χ3v) is 5.18. The van der Waals surface area contributed by atoms with E-state index < -0.39 is 5.60 Å². The molecule has 1 aromatic rings. The maximum Gasteiger partial charge on any atom is 0.252 e. The first kappa shape index (κ1) is 16.5. The highest BCUT2D eigenvalue weighted by molar-refractivity contribution is 5.81. The molecule has 0 bridgehead atoms. The molecule has 4 nitrogen and oxygen atoms in total. The van der Waals surface area contributed by atoms with Gasteiger partial charge in [-0.1, -0.05) is 50.1 Å². The Hall–Kier alpha value is -1.39. The van der Waals surface area contributed by atoms with E-state index in [1.165, 1.54) is 0 Å². The number of carbonyl (C=O) groups is 1. The molecule has 1 aliphatic carbocycles. The van der Waals surface area contributed by atoms with Gasteiger partial charge in [-0.15, -0.1) is 0 Å². The summed E-state index contributed by atoms with van der Waals surface area (Å²) in [6.07, 6.45) is 4.23. The second kappa shape index (κ2) is 7.02. The molecule has 1 saturated carbocycles. The van der Waals surface area contributed by atoms with Gasteiger partial charge in [-0.25, -0.2) is 0 Å².